The first-order valence-electron chi connectivity index (χ1n) is 5.18. The number of nitrogens with zero attached hydrogens (tertiary/aromatic N) is 1. The Morgan fingerprint density at radius 3 is 2.74 bits per heavy atom. The van der Waals surface area contributed by atoms with E-state index in [0.717, 1.165) is 12.1 Å². The molecule has 0 unspecified atom stereocenters. The molecule has 19 heavy (non-hydrogen) atoms. The number of hydrogen-bond acceptors (Lipinski definition) is 4. The molecule has 104 valence electrons. The molecule has 0 spiro atoms. The second kappa shape index (κ2) is 6.42. The van der Waals surface area contributed by atoms with E-state index >= 15 is 0 Å². The average Bonchev–Trinajstić information content (AvgIpc) is 2.35. The van der Waals surface area contributed by atoms with Crippen molar-refractivity contribution in [2.24, 2.45) is 5.10 Å². The standard InChI is InChI=1S/C11H10ClF3N2O2/c1-2-19-10(18)9(12)17-16-8-5-3-4-7(6-8)11(13,14)15/h3-6,16H,2H2,1H3. The maximum absolute atomic E-state index is 12.4. The molecule has 1 aromatic rings. The molecule has 0 heterocycles. The highest BCUT2D eigenvalue weighted by Crippen LogP contribution is 2.30. The van der Waals surface area contributed by atoms with Crippen molar-refractivity contribution in [2.45, 2.75) is 13.1 Å². The highest BCUT2D eigenvalue weighted by molar-refractivity contribution is 6.82. The van der Waals surface area contributed by atoms with Crippen molar-refractivity contribution in [3.05, 3.63) is 29.8 Å². The zero-order valence-corrected chi connectivity index (χ0v) is 10.5. The maximum Gasteiger partial charge on any atom is 0.416 e. The molecule has 0 aliphatic rings. The molecule has 1 aromatic carbocycles. The van der Waals surface area contributed by atoms with E-state index in [1.165, 1.54) is 12.1 Å². The number of halogens is 4. The van der Waals surface area contributed by atoms with Crippen LogP contribution in [0.4, 0.5) is 18.9 Å². The second-order valence-corrected chi connectivity index (χ2v) is 3.67. The molecule has 0 aliphatic carbocycles. The Labute approximate surface area is 112 Å². The molecular weight excluding hydrogens is 285 g/mol. The number of carbonyl (C=O) groups is 1. The van der Waals surface area contributed by atoms with E-state index in [2.05, 4.69) is 15.3 Å². The third kappa shape index (κ3) is 4.78. The van der Waals surface area contributed by atoms with Crippen LogP contribution in [0.15, 0.2) is 29.4 Å². The molecule has 0 aromatic heterocycles. The van der Waals surface area contributed by atoms with Crippen molar-refractivity contribution in [1.29, 1.82) is 0 Å². The molecule has 1 rings (SSSR count). The SMILES string of the molecule is CCOC(=O)C(Cl)=NNc1cccc(C(F)(F)F)c1. The largest absolute Gasteiger partial charge is 0.461 e. The molecule has 0 saturated carbocycles. The van der Waals surface area contributed by atoms with Crippen molar-refractivity contribution >= 4 is 28.4 Å². The lowest BCUT2D eigenvalue weighted by Crippen LogP contribution is -2.13. The summed E-state index contributed by atoms with van der Waals surface area (Å²) in [4.78, 5) is 11.1. The van der Waals surface area contributed by atoms with Gasteiger partial charge in [0.1, 0.15) is 0 Å². The number of hydrazone groups is 1. The first-order valence-corrected chi connectivity index (χ1v) is 5.56. The highest BCUT2D eigenvalue weighted by Gasteiger charge is 2.30. The molecule has 0 amide bonds. The Morgan fingerprint density at radius 1 is 1.47 bits per heavy atom. The van der Waals surface area contributed by atoms with Gasteiger partial charge in [0.25, 0.3) is 0 Å². The number of hydrogen-bond donors (Lipinski definition) is 1. The van der Waals surface area contributed by atoms with E-state index in [0.29, 0.717) is 0 Å². The number of benzene rings is 1. The molecule has 0 radical (unpaired) electrons. The molecule has 0 aliphatic heterocycles. The molecule has 0 fully saturated rings. The summed E-state index contributed by atoms with van der Waals surface area (Å²) < 4.78 is 41.8. The molecule has 0 bridgehead atoms. The van der Waals surface area contributed by atoms with Crippen LogP contribution in [0, 0.1) is 0 Å². The lowest BCUT2D eigenvalue weighted by Gasteiger charge is -2.08. The molecule has 1 N–H and O–H groups in total. The van der Waals surface area contributed by atoms with Gasteiger partial charge in [-0.1, -0.05) is 17.7 Å². The van der Waals surface area contributed by atoms with Crippen molar-refractivity contribution in [3.8, 4) is 0 Å². The summed E-state index contributed by atoms with van der Waals surface area (Å²) in [5, 5.41) is 2.93. The van der Waals surface area contributed by atoms with Gasteiger partial charge in [-0.15, -0.1) is 0 Å². The Morgan fingerprint density at radius 2 is 2.16 bits per heavy atom. The van der Waals surface area contributed by atoms with Gasteiger partial charge < -0.3 is 4.74 Å². The minimum Gasteiger partial charge on any atom is -0.461 e. The van der Waals surface area contributed by atoms with Gasteiger partial charge in [-0.3, -0.25) is 5.43 Å². The number of ether oxygens (including phenoxy) is 1. The van der Waals surface area contributed by atoms with Crippen LogP contribution in [-0.2, 0) is 15.7 Å². The first kappa shape index (κ1) is 15.3. The molecule has 0 atom stereocenters. The molecule has 4 nitrogen and oxygen atoms in total. The minimum absolute atomic E-state index is 0.0530. The quantitative estimate of drug-likeness (QED) is 0.527. The number of rotatable bonds is 4. The normalized spacial score (nSPS) is 12.2. The summed E-state index contributed by atoms with van der Waals surface area (Å²) in [6, 6.07) is 4.33. The fraction of sp³-hybridized carbons (Fsp3) is 0.273. The summed E-state index contributed by atoms with van der Waals surface area (Å²) in [5.41, 5.74) is 1.47. The zero-order valence-electron chi connectivity index (χ0n) is 9.79. The van der Waals surface area contributed by atoms with E-state index in [1.807, 2.05) is 0 Å². The van der Waals surface area contributed by atoms with Crippen LogP contribution in [0.3, 0.4) is 0 Å². The predicted octanol–water partition coefficient (Wildman–Crippen LogP) is 3.23. The lowest BCUT2D eigenvalue weighted by molar-refractivity contribution is -0.137. The van der Waals surface area contributed by atoms with Gasteiger partial charge in [0.05, 0.1) is 17.9 Å². The monoisotopic (exact) mass is 294 g/mol. The van der Waals surface area contributed by atoms with Gasteiger partial charge in [-0.05, 0) is 25.1 Å². The Balaban J connectivity index is 2.78. The summed E-state index contributed by atoms with van der Waals surface area (Å²) >= 11 is 5.48. The highest BCUT2D eigenvalue weighted by atomic mass is 35.5. The molecular formula is C11H10ClF3N2O2. The summed E-state index contributed by atoms with van der Waals surface area (Å²) in [5.74, 6) is -0.858. The second-order valence-electron chi connectivity index (χ2n) is 3.31. The van der Waals surface area contributed by atoms with Gasteiger partial charge in [-0.25, -0.2) is 4.79 Å². The van der Waals surface area contributed by atoms with E-state index in [1.54, 1.807) is 6.92 Å². The average molecular weight is 295 g/mol. The lowest BCUT2D eigenvalue weighted by atomic mass is 10.2. The smallest absolute Gasteiger partial charge is 0.416 e. The van der Waals surface area contributed by atoms with Crippen LogP contribution >= 0.6 is 11.6 Å². The minimum atomic E-state index is -4.45. The maximum atomic E-state index is 12.4. The first-order chi connectivity index (χ1) is 8.84. The molecule has 0 saturated heterocycles. The fourth-order valence-corrected chi connectivity index (χ4v) is 1.21. The van der Waals surface area contributed by atoms with E-state index in [9.17, 15) is 18.0 Å². The van der Waals surface area contributed by atoms with Crippen LogP contribution in [0.1, 0.15) is 12.5 Å². The number of esters is 1. The van der Waals surface area contributed by atoms with Crippen LogP contribution in [-0.4, -0.2) is 17.7 Å². The number of carbonyl (C=O) groups excluding carboxylic acids is 1. The van der Waals surface area contributed by atoms with Gasteiger partial charge in [-0.2, -0.15) is 18.3 Å². The third-order valence-electron chi connectivity index (χ3n) is 1.92. The third-order valence-corrected chi connectivity index (χ3v) is 2.16. The summed E-state index contributed by atoms with van der Waals surface area (Å²) in [6.07, 6.45) is -4.45. The van der Waals surface area contributed by atoms with E-state index in [-0.39, 0.29) is 12.3 Å². The van der Waals surface area contributed by atoms with Gasteiger partial charge in [0, 0.05) is 0 Å². The Kier molecular flexibility index (Phi) is 5.17. The van der Waals surface area contributed by atoms with Crippen LogP contribution in [0.2, 0.25) is 0 Å². The summed E-state index contributed by atoms with van der Waals surface area (Å²) in [6.45, 7) is 1.70. The Bertz CT molecular complexity index is 489. The van der Waals surface area contributed by atoms with E-state index in [4.69, 9.17) is 11.6 Å². The zero-order chi connectivity index (χ0) is 14.5. The molecule has 8 heteroatoms. The van der Waals surface area contributed by atoms with Crippen LogP contribution in [0.25, 0.3) is 0 Å². The number of anilines is 1. The van der Waals surface area contributed by atoms with Gasteiger partial charge in [0.15, 0.2) is 0 Å². The summed E-state index contributed by atoms with van der Waals surface area (Å²) in [7, 11) is 0. The van der Waals surface area contributed by atoms with E-state index < -0.39 is 22.9 Å². The van der Waals surface area contributed by atoms with Gasteiger partial charge in [0.2, 0.25) is 5.17 Å². The topological polar surface area (TPSA) is 50.7 Å². The van der Waals surface area contributed by atoms with Crippen molar-refractivity contribution in [2.75, 3.05) is 12.0 Å². The van der Waals surface area contributed by atoms with Crippen molar-refractivity contribution in [3.63, 3.8) is 0 Å². The van der Waals surface area contributed by atoms with Crippen LogP contribution in [0.5, 0.6) is 0 Å². The van der Waals surface area contributed by atoms with Crippen molar-refractivity contribution in [1.82, 2.24) is 0 Å². The Hall–Kier alpha value is -1.76. The predicted molar refractivity (Wildman–Crippen MR) is 65.0 cm³/mol. The van der Waals surface area contributed by atoms with Gasteiger partial charge >= 0.3 is 12.1 Å². The number of nitrogens with one attached hydrogen (secondary N) is 1. The van der Waals surface area contributed by atoms with Crippen molar-refractivity contribution < 1.29 is 22.7 Å². The fourth-order valence-electron chi connectivity index (χ4n) is 1.11. The number of alkyl halides is 3. The van der Waals surface area contributed by atoms with Crippen LogP contribution < -0.4 is 5.43 Å².